The number of carbonyl (C=O) groups excluding carboxylic acids is 1. The molecule has 4 rings (SSSR count). The molecule has 1 spiro atoms. The number of hydrogen-bond donors (Lipinski definition) is 1. The number of aromatic nitrogens is 1. The fraction of sp³-hybridized carbons (Fsp3) is 0.800. The molecular weight excluding hydrogens is 346 g/mol. The molecule has 1 aromatic rings. The normalized spacial score (nSPS) is 28.3. The molecule has 1 aliphatic carbocycles. The van der Waals surface area contributed by atoms with Gasteiger partial charge in [-0.2, -0.15) is 0 Å². The first kappa shape index (κ1) is 18.9. The van der Waals surface area contributed by atoms with Gasteiger partial charge in [-0.3, -0.25) is 9.69 Å². The van der Waals surface area contributed by atoms with E-state index in [4.69, 9.17) is 9.26 Å². The molecule has 0 bridgehead atoms. The third kappa shape index (κ3) is 3.91. The summed E-state index contributed by atoms with van der Waals surface area (Å²) in [5.74, 6) is 0.949. The molecule has 1 N–H and O–H groups in total. The first-order valence-corrected chi connectivity index (χ1v) is 10.2. The fourth-order valence-corrected chi connectivity index (χ4v) is 4.74. The number of nitrogens with zero attached hydrogens (tertiary/aromatic N) is 3. The Labute approximate surface area is 160 Å². The second-order valence-corrected chi connectivity index (χ2v) is 8.72. The third-order valence-corrected chi connectivity index (χ3v) is 6.55. The van der Waals surface area contributed by atoms with E-state index in [1.807, 2.05) is 18.7 Å². The molecule has 7 heteroatoms. The third-order valence-electron chi connectivity index (χ3n) is 6.55. The lowest BCUT2D eigenvalue weighted by Crippen LogP contribution is -2.61. The molecule has 7 nitrogen and oxygen atoms in total. The molecule has 1 amide bonds. The van der Waals surface area contributed by atoms with Gasteiger partial charge in [-0.15, -0.1) is 0 Å². The lowest BCUT2D eigenvalue weighted by atomic mass is 9.77. The second kappa shape index (κ2) is 7.18. The van der Waals surface area contributed by atoms with E-state index in [9.17, 15) is 9.90 Å². The number of hydrogen-bond acceptors (Lipinski definition) is 6. The number of morpholine rings is 1. The Balaban J connectivity index is 1.40. The quantitative estimate of drug-likeness (QED) is 0.862. The molecule has 1 unspecified atom stereocenters. The smallest absolute Gasteiger partial charge is 0.225 e. The van der Waals surface area contributed by atoms with Crippen LogP contribution in [0.5, 0.6) is 0 Å². The highest BCUT2D eigenvalue weighted by atomic mass is 16.5. The van der Waals surface area contributed by atoms with Crippen LogP contribution in [0.1, 0.15) is 55.5 Å². The fourth-order valence-electron chi connectivity index (χ4n) is 4.74. The number of aliphatic hydroxyl groups is 1. The highest BCUT2D eigenvalue weighted by Gasteiger charge is 2.44. The summed E-state index contributed by atoms with van der Waals surface area (Å²) < 4.78 is 11.5. The number of rotatable bonds is 4. The van der Waals surface area contributed by atoms with Gasteiger partial charge in [0.25, 0.3) is 0 Å². The van der Waals surface area contributed by atoms with E-state index in [1.165, 1.54) is 0 Å². The molecule has 1 atom stereocenters. The van der Waals surface area contributed by atoms with Gasteiger partial charge in [0, 0.05) is 25.2 Å². The van der Waals surface area contributed by atoms with Crippen molar-refractivity contribution in [1.82, 2.24) is 15.0 Å². The van der Waals surface area contributed by atoms with Crippen LogP contribution in [0.25, 0.3) is 0 Å². The summed E-state index contributed by atoms with van der Waals surface area (Å²) in [6.45, 7) is 8.39. The van der Waals surface area contributed by atoms with Gasteiger partial charge in [0.2, 0.25) is 5.91 Å². The van der Waals surface area contributed by atoms with E-state index in [1.54, 1.807) is 0 Å². The van der Waals surface area contributed by atoms with Crippen LogP contribution in [0.15, 0.2) is 4.52 Å². The Hall–Kier alpha value is -1.44. The number of amides is 1. The van der Waals surface area contributed by atoms with Gasteiger partial charge in [0.1, 0.15) is 5.76 Å². The van der Waals surface area contributed by atoms with Crippen LogP contribution in [0.2, 0.25) is 0 Å². The van der Waals surface area contributed by atoms with E-state index in [-0.39, 0.29) is 17.9 Å². The van der Waals surface area contributed by atoms with Crippen LogP contribution >= 0.6 is 0 Å². The summed E-state index contributed by atoms with van der Waals surface area (Å²) in [4.78, 5) is 17.0. The standard InChI is InChI=1S/C20H31N3O4/c1-15-17(16(2)27-21-15)12-22-8-4-7-20(13-22)14-23(9-10-26-20)18(24)11-19(25)5-3-6-19/h25H,3-14H2,1-2H3. The summed E-state index contributed by atoms with van der Waals surface area (Å²) in [6, 6.07) is 0. The predicted octanol–water partition coefficient (Wildman–Crippen LogP) is 1.79. The number of carbonyl (C=O) groups is 1. The van der Waals surface area contributed by atoms with Crippen LogP contribution < -0.4 is 0 Å². The molecule has 0 aromatic carbocycles. The summed E-state index contributed by atoms with van der Waals surface area (Å²) >= 11 is 0. The van der Waals surface area contributed by atoms with Gasteiger partial charge in [0.05, 0.1) is 36.5 Å². The van der Waals surface area contributed by atoms with Crippen LogP contribution in [0.4, 0.5) is 0 Å². The first-order valence-electron chi connectivity index (χ1n) is 10.2. The number of ether oxygens (including phenoxy) is 1. The largest absolute Gasteiger partial charge is 0.389 e. The molecule has 0 radical (unpaired) electrons. The van der Waals surface area contributed by atoms with Gasteiger partial charge in [-0.1, -0.05) is 5.16 Å². The van der Waals surface area contributed by atoms with Crippen molar-refractivity contribution >= 4 is 5.91 Å². The monoisotopic (exact) mass is 377 g/mol. The van der Waals surface area contributed by atoms with Crippen molar-refractivity contribution in [2.75, 3.05) is 32.8 Å². The van der Waals surface area contributed by atoms with Crippen LogP contribution in [0.3, 0.4) is 0 Å². The molecular formula is C20H31N3O4. The zero-order valence-corrected chi connectivity index (χ0v) is 16.5. The van der Waals surface area contributed by atoms with Gasteiger partial charge < -0.3 is 19.3 Å². The number of likely N-dealkylation sites (tertiary alicyclic amines) is 1. The maximum Gasteiger partial charge on any atom is 0.225 e. The van der Waals surface area contributed by atoms with Crippen molar-refractivity contribution in [2.45, 2.75) is 70.1 Å². The molecule has 2 saturated heterocycles. The van der Waals surface area contributed by atoms with Crippen LogP contribution in [-0.4, -0.2) is 70.0 Å². The predicted molar refractivity (Wildman–Crippen MR) is 99.2 cm³/mol. The van der Waals surface area contributed by atoms with Gasteiger partial charge in [-0.05, 0) is 52.5 Å². The lowest BCUT2D eigenvalue weighted by molar-refractivity contribution is -0.167. The number of piperidine rings is 1. The van der Waals surface area contributed by atoms with Crippen molar-refractivity contribution < 1.29 is 19.2 Å². The second-order valence-electron chi connectivity index (χ2n) is 8.72. The summed E-state index contributed by atoms with van der Waals surface area (Å²) in [6.07, 6.45) is 4.80. The highest BCUT2D eigenvalue weighted by molar-refractivity contribution is 5.77. The molecule has 27 heavy (non-hydrogen) atoms. The van der Waals surface area contributed by atoms with E-state index < -0.39 is 5.60 Å². The Kier molecular flexibility index (Phi) is 5.03. The van der Waals surface area contributed by atoms with E-state index >= 15 is 0 Å². The minimum absolute atomic E-state index is 0.0720. The van der Waals surface area contributed by atoms with Gasteiger partial charge >= 0.3 is 0 Å². The SMILES string of the molecule is Cc1noc(C)c1CN1CCCC2(C1)CN(C(=O)CC1(O)CCC1)CCO2. The molecule has 150 valence electrons. The van der Waals surface area contributed by atoms with Crippen molar-refractivity contribution in [2.24, 2.45) is 0 Å². The van der Waals surface area contributed by atoms with E-state index in [2.05, 4.69) is 10.1 Å². The topological polar surface area (TPSA) is 79.0 Å². The Bertz CT molecular complexity index is 676. The average molecular weight is 377 g/mol. The summed E-state index contributed by atoms with van der Waals surface area (Å²) in [7, 11) is 0. The molecule has 3 aliphatic rings. The molecule has 1 aromatic heterocycles. The van der Waals surface area contributed by atoms with Crippen molar-refractivity contribution in [3.8, 4) is 0 Å². The summed E-state index contributed by atoms with van der Waals surface area (Å²) in [5, 5.41) is 14.4. The zero-order valence-electron chi connectivity index (χ0n) is 16.5. The van der Waals surface area contributed by atoms with Gasteiger partial charge in [-0.25, -0.2) is 0 Å². The molecule has 2 aliphatic heterocycles. The maximum atomic E-state index is 12.7. The lowest BCUT2D eigenvalue weighted by Gasteiger charge is -2.48. The average Bonchev–Trinajstić information content (AvgIpc) is 2.92. The summed E-state index contributed by atoms with van der Waals surface area (Å²) in [5.41, 5.74) is 1.04. The Morgan fingerprint density at radius 2 is 2.00 bits per heavy atom. The first-order chi connectivity index (χ1) is 12.9. The molecule has 3 heterocycles. The Morgan fingerprint density at radius 3 is 2.67 bits per heavy atom. The zero-order chi connectivity index (χ0) is 19.1. The van der Waals surface area contributed by atoms with Gasteiger partial charge in [0.15, 0.2) is 0 Å². The van der Waals surface area contributed by atoms with E-state index in [0.29, 0.717) is 19.7 Å². The molecule has 1 saturated carbocycles. The Morgan fingerprint density at radius 1 is 1.19 bits per heavy atom. The van der Waals surface area contributed by atoms with E-state index in [0.717, 1.165) is 68.8 Å². The minimum atomic E-state index is -0.759. The maximum absolute atomic E-state index is 12.7. The number of aryl methyl sites for hydroxylation is 2. The van der Waals surface area contributed by atoms with Crippen molar-refractivity contribution in [3.63, 3.8) is 0 Å². The van der Waals surface area contributed by atoms with Crippen LogP contribution in [0, 0.1) is 13.8 Å². The molecule has 3 fully saturated rings. The van der Waals surface area contributed by atoms with Crippen molar-refractivity contribution in [3.05, 3.63) is 17.0 Å². The van der Waals surface area contributed by atoms with Crippen molar-refractivity contribution in [1.29, 1.82) is 0 Å². The van der Waals surface area contributed by atoms with Crippen LogP contribution in [-0.2, 0) is 16.1 Å². The highest BCUT2D eigenvalue weighted by Crippen LogP contribution is 2.36. The minimum Gasteiger partial charge on any atom is -0.389 e.